The average molecular weight is 279 g/mol. The summed E-state index contributed by atoms with van der Waals surface area (Å²) in [5.74, 6) is 0.183. The predicted molar refractivity (Wildman–Crippen MR) is 71.1 cm³/mol. The maximum Gasteiger partial charge on any atom is 0.347 e. The van der Waals surface area contributed by atoms with Gasteiger partial charge in [-0.05, 0) is 19.1 Å². The molecule has 1 aromatic heterocycles. The smallest absolute Gasteiger partial charge is 0.347 e. The Hall–Kier alpha value is -2.08. The SMILES string of the molecule is COc1ccccc1OCc1nc(C)sc1C(=O)O. The zero-order valence-electron chi connectivity index (χ0n) is 10.5. The molecule has 1 aromatic carbocycles. The van der Waals surface area contributed by atoms with Gasteiger partial charge in [0.15, 0.2) is 11.5 Å². The molecule has 5 nitrogen and oxygen atoms in total. The highest BCUT2D eigenvalue weighted by atomic mass is 32.1. The first-order valence-corrected chi connectivity index (χ1v) is 6.39. The van der Waals surface area contributed by atoms with Gasteiger partial charge in [-0.3, -0.25) is 0 Å². The molecule has 1 heterocycles. The number of aryl methyl sites for hydroxylation is 1. The van der Waals surface area contributed by atoms with Crippen LogP contribution in [0.15, 0.2) is 24.3 Å². The summed E-state index contributed by atoms with van der Waals surface area (Å²) in [5, 5.41) is 9.77. The second-order valence-electron chi connectivity index (χ2n) is 3.75. The zero-order valence-corrected chi connectivity index (χ0v) is 11.4. The fourth-order valence-electron chi connectivity index (χ4n) is 1.62. The number of carboxylic acid groups (broad SMARTS) is 1. The Labute approximate surface area is 114 Å². The second-order valence-corrected chi connectivity index (χ2v) is 4.96. The molecule has 1 N–H and O–H groups in total. The number of rotatable bonds is 5. The minimum Gasteiger partial charge on any atom is -0.493 e. The summed E-state index contributed by atoms with van der Waals surface area (Å²) in [5.41, 5.74) is 0.431. The molecule has 0 amide bonds. The molecule has 6 heteroatoms. The van der Waals surface area contributed by atoms with Gasteiger partial charge < -0.3 is 14.6 Å². The van der Waals surface area contributed by atoms with Crippen molar-refractivity contribution in [1.82, 2.24) is 4.98 Å². The summed E-state index contributed by atoms with van der Waals surface area (Å²) in [6.45, 7) is 1.87. The van der Waals surface area contributed by atoms with E-state index in [2.05, 4.69) is 4.98 Å². The van der Waals surface area contributed by atoms with E-state index in [-0.39, 0.29) is 11.5 Å². The van der Waals surface area contributed by atoms with Crippen molar-refractivity contribution < 1.29 is 19.4 Å². The number of methoxy groups -OCH3 is 1. The summed E-state index contributed by atoms with van der Waals surface area (Å²) >= 11 is 1.15. The molecule has 0 unspecified atom stereocenters. The number of para-hydroxylation sites is 2. The molecule has 0 spiro atoms. The van der Waals surface area contributed by atoms with E-state index < -0.39 is 5.97 Å². The normalized spacial score (nSPS) is 10.2. The van der Waals surface area contributed by atoms with Crippen LogP contribution in [-0.4, -0.2) is 23.2 Å². The number of carboxylic acids is 1. The molecule has 0 aliphatic carbocycles. The number of nitrogens with zero attached hydrogens (tertiary/aromatic N) is 1. The molecule has 0 fully saturated rings. The van der Waals surface area contributed by atoms with Gasteiger partial charge in [0.05, 0.1) is 12.1 Å². The van der Waals surface area contributed by atoms with Crippen LogP contribution in [0.1, 0.15) is 20.4 Å². The first kappa shape index (κ1) is 13.4. The third-order valence-corrected chi connectivity index (χ3v) is 3.43. The van der Waals surface area contributed by atoms with Gasteiger partial charge in [-0.25, -0.2) is 9.78 Å². The number of aromatic carboxylic acids is 1. The van der Waals surface area contributed by atoms with Crippen LogP contribution in [0.2, 0.25) is 0 Å². The molecule has 0 aliphatic heterocycles. The van der Waals surface area contributed by atoms with Crippen LogP contribution in [-0.2, 0) is 6.61 Å². The van der Waals surface area contributed by atoms with Gasteiger partial charge in [-0.15, -0.1) is 11.3 Å². The van der Waals surface area contributed by atoms with Crippen molar-refractivity contribution >= 4 is 17.3 Å². The Morgan fingerprint density at radius 2 is 2.05 bits per heavy atom. The van der Waals surface area contributed by atoms with Crippen molar-refractivity contribution in [3.05, 3.63) is 39.8 Å². The summed E-state index contributed by atoms with van der Waals surface area (Å²) in [7, 11) is 1.55. The fraction of sp³-hybridized carbons (Fsp3) is 0.231. The molecular weight excluding hydrogens is 266 g/mol. The Bertz CT molecular complexity index is 594. The number of ether oxygens (including phenoxy) is 2. The number of benzene rings is 1. The largest absolute Gasteiger partial charge is 0.493 e. The van der Waals surface area contributed by atoms with Gasteiger partial charge in [0.25, 0.3) is 0 Å². The van der Waals surface area contributed by atoms with Crippen LogP contribution < -0.4 is 9.47 Å². The van der Waals surface area contributed by atoms with Crippen molar-refractivity contribution in [2.45, 2.75) is 13.5 Å². The number of aromatic nitrogens is 1. The quantitative estimate of drug-likeness (QED) is 0.911. The lowest BCUT2D eigenvalue weighted by Crippen LogP contribution is -2.04. The molecule has 19 heavy (non-hydrogen) atoms. The van der Waals surface area contributed by atoms with Crippen LogP contribution in [0.4, 0.5) is 0 Å². The van der Waals surface area contributed by atoms with E-state index in [4.69, 9.17) is 14.6 Å². The summed E-state index contributed by atoms with van der Waals surface area (Å²) in [6.07, 6.45) is 0. The van der Waals surface area contributed by atoms with E-state index in [1.54, 1.807) is 26.2 Å². The molecule has 0 aliphatic rings. The molecule has 0 saturated heterocycles. The maximum absolute atomic E-state index is 11.1. The van der Waals surface area contributed by atoms with Gasteiger partial charge in [0.2, 0.25) is 0 Å². The number of carbonyl (C=O) groups is 1. The third-order valence-electron chi connectivity index (χ3n) is 2.43. The zero-order chi connectivity index (χ0) is 13.8. The minimum atomic E-state index is -0.982. The third kappa shape index (κ3) is 3.03. The molecule has 0 atom stereocenters. The van der Waals surface area contributed by atoms with Crippen molar-refractivity contribution in [3.8, 4) is 11.5 Å². The monoisotopic (exact) mass is 279 g/mol. The summed E-state index contributed by atoms with van der Waals surface area (Å²) in [6, 6.07) is 7.20. The van der Waals surface area contributed by atoms with Gasteiger partial charge in [-0.1, -0.05) is 12.1 Å². The Kier molecular flexibility index (Phi) is 4.01. The Morgan fingerprint density at radius 3 is 2.68 bits per heavy atom. The van der Waals surface area contributed by atoms with Gasteiger partial charge in [-0.2, -0.15) is 0 Å². The molecule has 2 rings (SSSR count). The highest BCUT2D eigenvalue weighted by Crippen LogP contribution is 2.27. The number of thiazole rings is 1. The summed E-state index contributed by atoms with van der Waals surface area (Å²) < 4.78 is 10.7. The lowest BCUT2D eigenvalue weighted by Gasteiger charge is -2.09. The van der Waals surface area contributed by atoms with Crippen LogP contribution >= 0.6 is 11.3 Å². The van der Waals surface area contributed by atoms with E-state index in [1.165, 1.54) is 0 Å². The molecule has 0 bridgehead atoms. The van der Waals surface area contributed by atoms with Crippen molar-refractivity contribution in [3.63, 3.8) is 0 Å². The number of hydrogen-bond acceptors (Lipinski definition) is 5. The molecule has 0 saturated carbocycles. The highest BCUT2D eigenvalue weighted by Gasteiger charge is 2.16. The first-order valence-electron chi connectivity index (χ1n) is 5.57. The minimum absolute atomic E-state index is 0.104. The molecule has 2 aromatic rings. The fourth-order valence-corrected chi connectivity index (χ4v) is 2.38. The van der Waals surface area contributed by atoms with E-state index in [9.17, 15) is 4.79 Å². The van der Waals surface area contributed by atoms with Gasteiger partial charge >= 0.3 is 5.97 Å². The van der Waals surface area contributed by atoms with Crippen LogP contribution in [0.25, 0.3) is 0 Å². The molecular formula is C13H13NO4S. The van der Waals surface area contributed by atoms with Gasteiger partial charge in [0, 0.05) is 0 Å². The van der Waals surface area contributed by atoms with E-state index in [0.29, 0.717) is 22.2 Å². The summed E-state index contributed by atoms with van der Waals surface area (Å²) in [4.78, 5) is 15.4. The van der Waals surface area contributed by atoms with Crippen LogP contribution in [0.3, 0.4) is 0 Å². The lowest BCUT2D eigenvalue weighted by atomic mass is 10.3. The van der Waals surface area contributed by atoms with Crippen molar-refractivity contribution in [2.75, 3.05) is 7.11 Å². The highest BCUT2D eigenvalue weighted by molar-refractivity contribution is 7.13. The van der Waals surface area contributed by atoms with Crippen LogP contribution in [0, 0.1) is 6.92 Å². The number of hydrogen-bond donors (Lipinski definition) is 1. The van der Waals surface area contributed by atoms with E-state index >= 15 is 0 Å². The maximum atomic E-state index is 11.1. The Morgan fingerprint density at radius 1 is 1.37 bits per heavy atom. The Balaban J connectivity index is 2.16. The first-order chi connectivity index (χ1) is 9.11. The lowest BCUT2D eigenvalue weighted by molar-refractivity contribution is 0.0699. The molecule has 0 radical (unpaired) electrons. The average Bonchev–Trinajstić information content (AvgIpc) is 2.78. The molecule has 100 valence electrons. The van der Waals surface area contributed by atoms with Crippen molar-refractivity contribution in [2.24, 2.45) is 0 Å². The topological polar surface area (TPSA) is 68.7 Å². The van der Waals surface area contributed by atoms with E-state index in [0.717, 1.165) is 11.3 Å². The van der Waals surface area contributed by atoms with Gasteiger partial charge in [0.1, 0.15) is 17.2 Å². The van der Waals surface area contributed by atoms with Crippen LogP contribution in [0.5, 0.6) is 11.5 Å². The van der Waals surface area contributed by atoms with Crippen molar-refractivity contribution in [1.29, 1.82) is 0 Å². The standard InChI is InChI=1S/C13H13NO4S/c1-8-14-9(12(19-8)13(15)16)7-18-11-6-4-3-5-10(11)17-2/h3-6H,7H2,1-2H3,(H,15,16). The van der Waals surface area contributed by atoms with E-state index in [1.807, 2.05) is 12.1 Å². The second kappa shape index (κ2) is 5.71. The predicted octanol–water partition coefficient (Wildman–Crippen LogP) is 2.74.